The zero-order valence-corrected chi connectivity index (χ0v) is 13.3. The molecule has 0 radical (unpaired) electrons. The Hall–Kier alpha value is -1.50. The van der Waals surface area contributed by atoms with E-state index in [-0.39, 0.29) is 22.0 Å². The van der Waals surface area contributed by atoms with Crippen LogP contribution in [0.4, 0.5) is 14.5 Å². The summed E-state index contributed by atoms with van der Waals surface area (Å²) in [6.07, 6.45) is 0.376. The third-order valence-corrected chi connectivity index (χ3v) is 4.50. The molecule has 2 aromatic rings. The Balaban J connectivity index is 1.95. The van der Waals surface area contributed by atoms with Gasteiger partial charge in [-0.25, -0.2) is 4.39 Å². The topological polar surface area (TPSA) is 55.1 Å². The van der Waals surface area contributed by atoms with Crippen LogP contribution in [0, 0.1) is 16.9 Å². The molecule has 0 saturated carbocycles. The van der Waals surface area contributed by atoms with Gasteiger partial charge in [-0.15, -0.1) is 11.3 Å². The van der Waals surface area contributed by atoms with Gasteiger partial charge in [-0.05, 0) is 36.8 Å². The molecule has 0 bridgehead atoms. The summed E-state index contributed by atoms with van der Waals surface area (Å²) in [7, 11) is 0. The molecule has 0 saturated heterocycles. The summed E-state index contributed by atoms with van der Waals surface area (Å²) in [4.78, 5) is 12.8. The van der Waals surface area contributed by atoms with E-state index in [2.05, 4.69) is 5.32 Å². The van der Waals surface area contributed by atoms with Gasteiger partial charge in [-0.1, -0.05) is 18.5 Å². The maximum absolute atomic E-state index is 13.1. The highest BCUT2D eigenvalue weighted by Crippen LogP contribution is 2.26. The van der Waals surface area contributed by atoms with Crippen LogP contribution >= 0.6 is 22.9 Å². The molecule has 0 aliphatic heterocycles. The largest absolute Gasteiger partial charge is 0.326 e. The zero-order valence-electron chi connectivity index (χ0n) is 11.8. The number of halogens is 3. The molecule has 1 heterocycles. The van der Waals surface area contributed by atoms with Crippen LogP contribution in [0.25, 0.3) is 0 Å². The van der Waals surface area contributed by atoms with Gasteiger partial charge in [0, 0.05) is 22.5 Å². The van der Waals surface area contributed by atoms with Crippen molar-refractivity contribution in [2.45, 2.75) is 19.4 Å². The van der Waals surface area contributed by atoms with Crippen LogP contribution in [0.1, 0.15) is 24.3 Å². The van der Waals surface area contributed by atoms with Crippen LogP contribution in [0.3, 0.4) is 0 Å². The van der Waals surface area contributed by atoms with Gasteiger partial charge in [0.15, 0.2) is 5.13 Å². The Bertz CT molecular complexity index is 677. The van der Waals surface area contributed by atoms with Crippen LogP contribution in [0.15, 0.2) is 30.3 Å². The minimum Gasteiger partial charge on any atom is -0.326 e. The molecule has 1 aromatic heterocycles. The summed E-state index contributed by atoms with van der Waals surface area (Å²) >= 11 is 6.64. The molecule has 1 aromatic carbocycles. The lowest BCUT2D eigenvalue weighted by atomic mass is 10.0. The summed E-state index contributed by atoms with van der Waals surface area (Å²) < 4.78 is 26.0. The summed E-state index contributed by atoms with van der Waals surface area (Å²) in [5, 5.41) is 2.29. The first-order valence-corrected chi connectivity index (χ1v) is 7.83. The lowest BCUT2D eigenvalue weighted by Crippen LogP contribution is -2.24. The number of amides is 1. The number of hydrogen-bond donors (Lipinski definition) is 2. The van der Waals surface area contributed by atoms with E-state index < -0.39 is 11.9 Å². The molecular weight excluding hydrogens is 330 g/mol. The molecule has 1 amide bonds. The number of thiophene rings is 1. The fourth-order valence-corrected chi connectivity index (χ4v) is 2.90. The third-order valence-electron chi connectivity index (χ3n) is 3.20. The highest BCUT2D eigenvalue weighted by atomic mass is 35.5. The number of benzene rings is 1. The molecule has 0 unspecified atom stereocenters. The Kier molecular flexibility index (Phi) is 5.50. The van der Waals surface area contributed by atoms with Crippen molar-refractivity contribution in [2.75, 3.05) is 5.32 Å². The van der Waals surface area contributed by atoms with E-state index in [0.29, 0.717) is 17.0 Å². The van der Waals surface area contributed by atoms with E-state index in [4.69, 9.17) is 17.3 Å². The number of carbonyl (C=O) groups is 1. The minimum atomic E-state index is -0.547. The van der Waals surface area contributed by atoms with Gasteiger partial charge >= 0.3 is 0 Å². The maximum Gasteiger partial charge on any atom is 0.227 e. The molecule has 0 aliphatic rings. The number of carbonyl (C=O) groups excluding carboxylic acids is 1. The standard InChI is InChI=1S/C15H15ClF2N2OS/c1-8(6-12(19)13-4-5-14(18)22-13)15(21)20-9-2-3-11(17)10(16)7-9/h2-5,7-8,12H,6,19H2,1H3,(H,20,21)/t8-,12+/m0/s1. The number of hydrogen-bond acceptors (Lipinski definition) is 3. The first-order chi connectivity index (χ1) is 10.4. The normalized spacial score (nSPS) is 13.7. The van der Waals surface area contributed by atoms with Crippen molar-refractivity contribution < 1.29 is 13.6 Å². The van der Waals surface area contributed by atoms with Gasteiger partial charge in [-0.3, -0.25) is 4.79 Å². The lowest BCUT2D eigenvalue weighted by Gasteiger charge is -2.16. The van der Waals surface area contributed by atoms with Crippen molar-refractivity contribution in [3.05, 3.63) is 51.2 Å². The molecule has 0 aliphatic carbocycles. The van der Waals surface area contributed by atoms with Crippen LogP contribution in [-0.2, 0) is 4.79 Å². The van der Waals surface area contributed by atoms with Crippen LogP contribution in [-0.4, -0.2) is 5.91 Å². The fraction of sp³-hybridized carbons (Fsp3) is 0.267. The SMILES string of the molecule is C[C@@H](C[C@@H](N)c1ccc(F)s1)C(=O)Nc1ccc(F)c(Cl)c1. The highest BCUT2D eigenvalue weighted by Gasteiger charge is 2.19. The Labute approximate surface area is 136 Å². The van der Waals surface area contributed by atoms with Gasteiger partial charge in [-0.2, -0.15) is 4.39 Å². The summed E-state index contributed by atoms with van der Waals surface area (Å²) in [5.41, 5.74) is 6.39. The average Bonchev–Trinajstić information content (AvgIpc) is 2.89. The number of rotatable bonds is 5. The first kappa shape index (κ1) is 16.9. The molecule has 7 heteroatoms. The van der Waals surface area contributed by atoms with Crippen LogP contribution in [0.5, 0.6) is 0 Å². The van der Waals surface area contributed by atoms with E-state index in [1.165, 1.54) is 24.3 Å². The minimum absolute atomic E-state index is 0.0591. The molecule has 22 heavy (non-hydrogen) atoms. The van der Waals surface area contributed by atoms with Crippen LogP contribution in [0.2, 0.25) is 5.02 Å². The van der Waals surface area contributed by atoms with Gasteiger partial charge in [0.1, 0.15) is 5.82 Å². The summed E-state index contributed by atoms with van der Waals surface area (Å²) in [6, 6.07) is 6.52. The predicted octanol–water partition coefficient (Wildman–Crippen LogP) is 4.34. The van der Waals surface area contributed by atoms with Crippen molar-refractivity contribution >= 4 is 34.5 Å². The third kappa shape index (κ3) is 4.25. The molecule has 3 N–H and O–H groups in total. The summed E-state index contributed by atoms with van der Waals surface area (Å²) in [6.45, 7) is 1.73. The van der Waals surface area contributed by atoms with Gasteiger partial charge < -0.3 is 11.1 Å². The van der Waals surface area contributed by atoms with Gasteiger partial charge in [0.25, 0.3) is 0 Å². The van der Waals surface area contributed by atoms with Gasteiger partial charge in [0.05, 0.1) is 5.02 Å². The molecular formula is C15H15ClF2N2OS. The number of anilines is 1. The van der Waals surface area contributed by atoms with E-state index in [1.54, 1.807) is 13.0 Å². The Morgan fingerprint density at radius 1 is 1.36 bits per heavy atom. The molecule has 3 nitrogen and oxygen atoms in total. The Morgan fingerprint density at radius 3 is 2.68 bits per heavy atom. The molecule has 2 atom stereocenters. The number of nitrogens with two attached hydrogens (primary N) is 1. The second-order valence-corrected chi connectivity index (χ2v) is 6.48. The van der Waals surface area contributed by atoms with E-state index in [1.807, 2.05) is 0 Å². The molecule has 118 valence electrons. The first-order valence-electron chi connectivity index (χ1n) is 6.63. The molecule has 0 spiro atoms. The maximum atomic E-state index is 13.1. The second-order valence-electron chi connectivity index (χ2n) is 5.00. The van der Waals surface area contributed by atoms with E-state index in [0.717, 1.165) is 11.3 Å². The monoisotopic (exact) mass is 344 g/mol. The highest BCUT2D eigenvalue weighted by molar-refractivity contribution is 7.10. The van der Waals surface area contributed by atoms with E-state index in [9.17, 15) is 13.6 Å². The predicted molar refractivity (Wildman–Crippen MR) is 85.0 cm³/mol. The van der Waals surface area contributed by atoms with Crippen molar-refractivity contribution in [1.29, 1.82) is 0 Å². The lowest BCUT2D eigenvalue weighted by molar-refractivity contribution is -0.119. The smallest absolute Gasteiger partial charge is 0.227 e. The average molecular weight is 345 g/mol. The second kappa shape index (κ2) is 7.17. The van der Waals surface area contributed by atoms with Gasteiger partial charge in [0.2, 0.25) is 5.91 Å². The molecule has 2 rings (SSSR count). The van der Waals surface area contributed by atoms with Crippen LogP contribution < -0.4 is 11.1 Å². The Morgan fingerprint density at radius 2 is 2.09 bits per heavy atom. The van der Waals surface area contributed by atoms with Crippen molar-refractivity contribution in [1.82, 2.24) is 0 Å². The van der Waals surface area contributed by atoms with Crippen molar-refractivity contribution in [3.8, 4) is 0 Å². The van der Waals surface area contributed by atoms with Crippen molar-refractivity contribution in [2.24, 2.45) is 11.7 Å². The number of nitrogens with one attached hydrogen (secondary N) is 1. The fourth-order valence-electron chi connectivity index (χ4n) is 1.97. The quantitative estimate of drug-likeness (QED) is 0.847. The zero-order chi connectivity index (χ0) is 16.3. The van der Waals surface area contributed by atoms with Crippen molar-refractivity contribution in [3.63, 3.8) is 0 Å². The molecule has 0 fully saturated rings. The summed E-state index contributed by atoms with van der Waals surface area (Å²) in [5.74, 6) is -1.19. The van der Waals surface area contributed by atoms with E-state index >= 15 is 0 Å².